The molecule has 0 unspecified atom stereocenters. The van der Waals surface area contributed by atoms with Crippen LogP contribution in [0.3, 0.4) is 0 Å². The summed E-state index contributed by atoms with van der Waals surface area (Å²) in [5, 5.41) is 3.64. The van der Waals surface area contributed by atoms with Crippen LogP contribution in [-0.4, -0.2) is 21.8 Å². The summed E-state index contributed by atoms with van der Waals surface area (Å²) in [4.78, 5) is 27.3. The lowest BCUT2D eigenvalue weighted by atomic mass is 10.2. The average Bonchev–Trinajstić information content (AvgIpc) is 3.34. The maximum Gasteiger partial charge on any atom is 0.328 e. The third kappa shape index (κ3) is 3.61. The van der Waals surface area contributed by atoms with Crippen LogP contribution in [0.2, 0.25) is 5.02 Å². The lowest BCUT2D eigenvalue weighted by molar-refractivity contribution is 0.102. The first-order valence-electron chi connectivity index (χ1n) is 9.74. The largest absolute Gasteiger partial charge is 0.454 e. The Bertz CT molecular complexity index is 1430. The van der Waals surface area contributed by atoms with E-state index in [2.05, 4.69) is 5.32 Å². The van der Waals surface area contributed by atoms with E-state index >= 15 is 0 Å². The van der Waals surface area contributed by atoms with Crippen molar-refractivity contribution in [2.75, 3.05) is 12.1 Å². The number of fused-ring (bicyclic) bond motifs is 2. The first kappa shape index (κ1) is 20.5. The molecule has 0 bridgehead atoms. The molecule has 3 aromatic carbocycles. The van der Waals surface area contributed by atoms with E-state index < -0.39 is 0 Å². The second kappa shape index (κ2) is 7.96. The molecule has 162 valence electrons. The van der Waals surface area contributed by atoms with Crippen molar-refractivity contribution in [3.63, 3.8) is 0 Å². The third-order valence-electron chi connectivity index (χ3n) is 5.30. The van der Waals surface area contributed by atoms with E-state index in [-0.39, 0.29) is 18.4 Å². The Morgan fingerprint density at radius 2 is 1.66 bits per heavy atom. The van der Waals surface area contributed by atoms with Gasteiger partial charge < -0.3 is 14.8 Å². The van der Waals surface area contributed by atoms with Crippen molar-refractivity contribution in [2.45, 2.75) is 9.79 Å². The van der Waals surface area contributed by atoms with Crippen LogP contribution >= 0.6 is 23.4 Å². The number of hydrogen-bond acceptors (Lipinski definition) is 5. The molecule has 5 rings (SSSR count). The van der Waals surface area contributed by atoms with Crippen molar-refractivity contribution in [3.8, 4) is 11.5 Å². The number of imidazole rings is 1. The Morgan fingerprint density at radius 1 is 0.969 bits per heavy atom. The van der Waals surface area contributed by atoms with E-state index in [9.17, 15) is 9.59 Å². The molecule has 4 aromatic rings. The Hall–Kier alpha value is -3.36. The zero-order valence-electron chi connectivity index (χ0n) is 17.2. The molecule has 7 nitrogen and oxygen atoms in total. The topological polar surface area (TPSA) is 74.5 Å². The number of aryl methyl sites for hydroxylation is 2. The van der Waals surface area contributed by atoms with Crippen molar-refractivity contribution in [1.82, 2.24) is 9.13 Å². The second-order valence-electron chi connectivity index (χ2n) is 7.32. The van der Waals surface area contributed by atoms with E-state index in [0.29, 0.717) is 27.8 Å². The van der Waals surface area contributed by atoms with Gasteiger partial charge in [0.1, 0.15) is 0 Å². The van der Waals surface area contributed by atoms with E-state index in [1.165, 1.54) is 11.8 Å². The standard InChI is InChI=1S/C23H18ClN3O4S/c1-26-17-10-16(25-22(28)13-3-8-19-20(9-13)31-12-30-19)21(11-18(17)27(2)23(26)29)32-15-6-4-14(24)5-7-15/h3-11H,12H2,1-2H3,(H,25,28). The molecule has 0 fully saturated rings. The Labute approximate surface area is 192 Å². The number of hydrogen-bond donors (Lipinski definition) is 1. The molecule has 1 amide bonds. The van der Waals surface area contributed by atoms with Crippen molar-refractivity contribution in [3.05, 3.63) is 75.7 Å². The van der Waals surface area contributed by atoms with E-state index in [1.807, 2.05) is 36.4 Å². The fraction of sp³-hybridized carbons (Fsp3) is 0.130. The number of anilines is 1. The summed E-state index contributed by atoms with van der Waals surface area (Å²) < 4.78 is 13.8. The van der Waals surface area contributed by atoms with Gasteiger partial charge in [-0.15, -0.1) is 0 Å². The fourth-order valence-electron chi connectivity index (χ4n) is 3.57. The molecule has 1 aliphatic heterocycles. The molecule has 1 aromatic heterocycles. The predicted octanol–water partition coefficient (Wildman–Crippen LogP) is 4.66. The molecule has 9 heteroatoms. The van der Waals surface area contributed by atoms with Crippen LogP contribution in [0.4, 0.5) is 5.69 Å². The van der Waals surface area contributed by atoms with E-state index in [4.69, 9.17) is 21.1 Å². The first-order chi connectivity index (χ1) is 15.4. The van der Waals surface area contributed by atoms with Gasteiger partial charge in [0.25, 0.3) is 5.91 Å². The highest BCUT2D eigenvalue weighted by Crippen LogP contribution is 2.37. The number of aromatic nitrogens is 2. The van der Waals surface area contributed by atoms with Crippen molar-refractivity contribution >= 4 is 46.0 Å². The van der Waals surface area contributed by atoms with Gasteiger partial charge in [-0.25, -0.2) is 4.79 Å². The molecule has 0 atom stereocenters. The van der Waals surface area contributed by atoms with Gasteiger partial charge in [-0.05, 0) is 54.6 Å². The van der Waals surface area contributed by atoms with Crippen LogP contribution in [0.25, 0.3) is 11.0 Å². The minimum absolute atomic E-state index is 0.137. The number of ether oxygens (including phenoxy) is 2. The highest BCUT2D eigenvalue weighted by atomic mass is 35.5. The van der Waals surface area contributed by atoms with Crippen LogP contribution in [0.15, 0.2) is 69.2 Å². The van der Waals surface area contributed by atoms with Crippen LogP contribution in [0, 0.1) is 0 Å². The van der Waals surface area contributed by atoms with Crippen LogP contribution in [-0.2, 0) is 14.1 Å². The quantitative estimate of drug-likeness (QED) is 0.472. The zero-order valence-corrected chi connectivity index (χ0v) is 18.8. The van der Waals surface area contributed by atoms with Crippen molar-refractivity contribution < 1.29 is 14.3 Å². The Kier molecular flexibility index (Phi) is 5.11. The molecular formula is C23H18ClN3O4S. The molecule has 0 radical (unpaired) electrons. The predicted molar refractivity (Wildman–Crippen MR) is 124 cm³/mol. The summed E-state index contributed by atoms with van der Waals surface area (Å²) in [5.41, 5.74) is 2.40. The number of amides is 1. The summed E-state index contributed by atoms with van der Waals surface area (Å²) in [5.74, 6) is 0.858. The van der Waals surface area contributed by atoms with Crippen molar-refractivity contribution in [1.29, 1.82) is 0 Å². The molecule has 0 aliphatic carbocycles. The zero-order chi connectivity index (χ0) is 22.4. The number of rotatable bonds is 4. The highest BCUT2D eigenvalue weighted by molar-refractivity contribution is 7.99. The van der Waals surface area contributed by atoms with Crippen LogP contribution in [0.1, 0.15) is 10.4 Å². The van der Waals surface area contributed by atoms with Gasteiger partial charge in [0.2, 0.25) is 6.79 Å². The molecule has 32 heavy (non-hydrogen) atoms. The maximum atomic E-state index is 13.0. The van der Waals surface area contributed by atoms with E-state index in [1.54, 1.807) is 41.4 Å². The third-order valence-corrected chi connectivity index (χ3v) is 6.62. The minimum Gasteiger partial charge on any atom is -0.454 e. The second-order valence-corrected chi connectivity index (χ2v) is 8.87. The van der Waals surface area contributed by atoms with E-state index in [0.717, 1.165) is 20.8 Å². The van der Waals surface area contributed by atoms with Gasteiger partial charge in [0, 0.05) is 34.5 Å². The molecule has 0 saturated heterocycles. The smallest absolute Gasteiger partial charge is 0.328 e. The number of benzene rings is 3. The monoisotopic (exact) mass is 467 g/mol. The molecule has 0 saturated carbocycles. The van der Waals surface area contributed by atoms with Crippen molar-refractivity contribution in [2.24, 2.45) is 14.1 Å². The van der Waals surface area contributed by atoms with Gasteiger partial charge in [-0.3, -0.25) is 13.9 Å². The lowest BCUT2D eigenvalue weighted by Gasteiger charge is -2.13. The number of carbonyl (C=O) groups excluding carboxylic acids is 1. The molecule has 1 aliphatic rings. The Balaban J connectivity index is 1.56. The Morgan fingerprint density at radius 3 is 2.41 bits per heavy atom. The van der Waals surface area contributed by atoms with Gasteiger partial charge >= 0.3 is 5.69 Å². The molecule has 1 N–H and O–H groups in total. The lowest BCUT2D eigenvalue weighted by Crippen LogP contribution is -2.19. The summed E-state index contributed by atoms with van der Waals surface area (Å²) in [6, 6.07) is 16.2. The average molecular weight is 468 g/mol. The molecule has 2 heterocycles. The number of nitrogens with zero attached hydrogens (tertiary/aromatic N) is 2. The van der Waals surface area contributed by atoms with Gasteiger partial charge in [0.05, 0.1) is 16.7 Å². The fourth-order valence-corrected chi connectivity index (χ4v) is 4.61. The SMILES string of the molecule is Cn1c(=O)n(C)c2cc(Sc3ccc(Cl)cc3)c(NC(=O)c3ccc4c(c3)OCO4)cc21. The number of carbonyl (C=O) groups is 1. The summed E-state index contributed by atoms with van der Waals surface area (Å²) in [6.07, 6.45) is 0. The number of halogens is 1. The summed E-state index contributed by atoms with van der Waals surface area (Å²) in [6.45, 7) is 0.140. The number of nitrogens with one attached hydrogen (secondary N) is 1. The first-order valence-corrected chi connectivity index (χ1v) is 10.9. The summed E-state index contributed by atoms with van der Waals surface area (Å²) >= 11 is 7.49. The van der Waals surface area contributed by atoms with Crippen LogP contribution in [0.5, 0.6) is 11.5 Å². The summed E-state index contributed by atoms with van der Waals surface area (Å²) in [7, 11) is 3.44. The molecular weight excluding hydrogens is 450 g/mol. The molecule has 0 spiro atoms. The minimum atomic E-state index is -0.290. The highest BCUT2D eigenvalue weighted by Gasteiger charge is 2.19. The maximum absolute atomic E-state index is 13.0. The van der Waals surface area contributed by atoms with Gasteiger partial charge in [-0.1, -0.05) is 23.4 Å². The van der Waals surface area contributed by atoms with Crippen LogP contribution < -0.4 is 20.5 Å². The van der Waals surface area contributed by atoms with Gasteiger partial charge in [0.15, 0.2) is 11.5 Å². The normalized spacial score (nSPS) is 12.3. The van der Waals surface area contributed by atoms with Gasteiger partial charge in [-0.2, -0.15) is 0 Å².